The van der Waals surface area contributed by atoms with Crippen molar-refractivity contribution in [3.8, 4) is 0 Å². The molecule has 0 aromatic carbocycles. The van der Waals surface area contributed by atoms with E-state index < -0.39 is 0 Å². The highest BCUT2D eigenvalue weighted by Crippen LogP contribution is 2.23. The maximum Gasteiger partial charge on any atom is 0.105 e. The monoisotopic (exact) mass is 252 g/mol. The van der Waals surface area contributed by atoms with Crippen LogP contribution in [0.4, 0.5) is 0 Å². The number of unbranched alkanes of at least 4 members (excludes halogenated alkanes) is 2. The number of furan rings is 1. The molecule has 1 rings (SSSR count). The maximum absolute atomic E-state index is 5.99. The first kappa shape index (κ1) is 15.3. The zero-order chi connectivity index (χ0) is 13.6. The summed E-state index contributed by atoms with van der Waals surface area (Å²) >= 11 is 0. The van der Waals surface area contributed by atoms with E-state index in [2.05, 4.69) is 31.9 Å². The molecule has 0 amide bonds. The Kier molecular flexibility index (Phi) is 5.89. The molecular weight excluding hydrogens is 224 g/mol. The fourth-order valence-corrected chi connectivity index (χ4v) is 2.23. The molecule has 1 aromatic rings. The molecule has 1 aromatic heterocycles. The molecule has 0 saturated carbocycles. The van der Waals surface area contributed by atoms with Crippen molar-refractivity contribution < 1.29 is 4.42 Å². The van der Waals surface area contributed by atoms with Crippen molar-refractivity contribution in [3.63, 3.8) is 0 Å². The van der Waals surface area contributed by atoms with Crippen LogP contribution in [0.2, 0.25) is 0 Å². The van der Waals surface area contributed by atoms with Crippen molar-refractivity contribution in [1.29, 1.82) is 0 Å². The van der Waals surface area contributed by atoms with Crippen LogP contribution >= 0.6 is 0 Å². The molecule has 18 heavy (non-hydrogen) atoms. The van der Waals surface area contributed by atoms with E-state index in [0.29, 0.717) is 6.54 Å². The largest absolute Gasteiger partial charge is 0.469 e. The van der Waals surface area contributed by atoms with E-state index >= 15 is 0 Å². The van der Waals surface area contributed by atoms with Gasteiger partial charge in [-0.1, -0.05) is 26.2 Å². The van der Waals surface area contributed by atoms with Crippen molar-refractivity contribution in [1.82, 2.24) is 4.90 Å². The van der Waals surface area contributed by atoms with Crippen molar-refractivity contribution in [2.24, 2.45) is 5.73 Å². The van der Waals surface area contributed by atoms with Gasteiger partial charge in [0.1, 0.15) is 5.76 Å². The molecule has 3 nitrogen and oxygen atoms in total. The Bertz CT molecular complexity index is 348. The number of likely N-dealkylation sites (N-methyl/N-ethyl adjacent to an activating group) is 1. The summed E-state index contributed by atoms with van der Waals surface area (Å²) in [6.07, 6.45) is 6.71. The number of hydrogen-bond acceptors (Lipinski definition) is 3. The third-order valence-electron chi connectivity index (χ3n) is 4.05. The standard InChI is InChI=1S/C15H28N2O/c1-5-6-7-9-15(3,12-16)17(4)11-14-8-10-18-13(14)2/h8,10H,5-7,9,11-12,16H2,1-4H3. The molecule has 0 radical (unpaired) electrons. The van der Waals surface area contributed by atoms with Crippen LogP contribution < -0.4 is 5.73 Å². The molecule has 104 valence electrons. The quantitative estimate of drug-likeness (QED) is 0.722. The van der Waals surface area contributed by atoms with E-state index in [1.807, 2.05) is 6.92 Å². The van der Waals surface area contributed by atoms with E-state index in [-0.39, 0.29) is 5.54 Å². The highest BCUT2D eigenvalue weighted by atomic mass is 16.3. The first-order valence-corrected chi connectivity index (χ1v) is 6.97. The van der Waals surface area contributed by atoms with Gasteiger partial charge in [-0.2, -0.15) is 0 Å². The summed E-state index contributed by atoms with van der Waals surface area (Å²) < 4.78 is 5.35. The number of nitrogens with two attached hydrogens (primary N) is 1. The van der Waals surface area contributed by atoms with Gasteiger partial charge in [-0.15, -0.1) is 0 Å². The molecular formula is C15H28N2O. The van der Waals surface area contributed by atoms with Crippen molar-refractivity contribution in [2.45, 2.75) is 58.5 Å². The molecule has 3 heteroatoms. The number of aryl methyl sites for hydroxylation is 1. The van der Waals surface area contributed by atoms with E-state index in [4.69, 9.17) is 10.2 Å². The van der Waals surface area contributed by atoms with Crippen molar-refractivity contribution in [2.75, 3.05) is 13.6 Å². The molecule has 0 saturated heterocycles. The maximum atomic E-state index is 5.99. The van der Waals surface area contributed by atoms with Crippen LogP contribution in [0.25, 0.3) is 0 Å². The first-order valence-electron chi connectivity index (χ1n) is 6.97. The van der Waals surface area contributed by atoms with Crippen molar-refractivity contribution in [3.05, 3.63) is 23.7 Å². The minimum absolute atomic E-state index is 0.0822. The average Bonchev–Trinajstić information content (AvgIpc) is 2.75. The summed E-state index contributed by atoms with van der Waals surface area (Å²) in [5, 5.41) is 0. The molecule has 0 aliphatic carbocycles. The Morgan fingerprint density at radius 3 is 2.61 bits per heavy atom. The molecule has 0 spiro atoms. The molecule has 0 fully saturated rings. The van der Waals surface area contributed by atoms with Crippen LogP contribution in [-0.2, 0) is 6.54 Å². The fourth-order valence-electron chi connectivity index (χ4n) is 2.23. The molecule has 2 N–H and O–H groups in total. The zero-order valence-electron chi connectivity index (χ0n) is 12.3. The summed E-state index contributed by atoms with van der Waals surface area (Å²) in [6.45, 7) is 8.11. The summed E-state index contributed by atoms with van der Waals surface area (Å²) in [4.78, 5) is 2.36. The van der Waals surface area contributed by atoms with E-state index in [0.717, 1.165) is 18.7 Å². The van der Waals surface area contributed by atoms with Gasteiger partial charge in [0.25, 0.3) is 0 Å². The third-order valence-corrected chi connectivity index (χ3v) is 4.05. The Labute approximate surface area is 111 Å². The van der Waals surface area contributed by atoms with Gasteiger partial charge in [-0.25, -0.2) is 0 Å². The second-order valence-electron chi connectivity index (χ2n) is 5.52. The lowest BCUT2D eigenvalue weighted by Crippen LogP contribution is -2.49. The van der Waals surface area contributed by atoms with Gasteiger partial charge < -0.3 is 10.2 Å². The van der Waals surface area contributed by atoms with Gasteiger partial charge >= 0.3 is 0 Å². The van der Waals surface area contributed by atoms with E-state index in [1.165, 1.54) is 24.8 Å². The zero-order valence-corrected chi connectivity index (χ0v) is 12.3. The smallest absolute Gasteiger partial charge is 0.105 e. The predicted molar refractivity (Wildman–Crippen MR) is 76.5 cm³/mol. The Morgan fingerprint density at radius 2 is 2.11 bits per heavy atom. The van der Waals surface area contributed by atoms with Crippen LogP contribution in [0.3, 0.4) is 0 Å². The average molecular weight is 252 g/mol. The molecule has 1 atom stereocenters. The van der Waals surface area contributed by atoms with Gasteiger partial charge in [0, 0.05) is 24.2 Å². The van der Waals surface area contributed by atoms with Crippen LogP contribution in [-0.4, -0.2) is 24.0 Å². The molecule has 0 aliphatic heterocycles. The topological polar surface area (TPSA) is 42.4 Å². The second kappa shape index (κ2) is 6.95. The van der Waals surface area contributed by atoms with Gasteiger partial charge in [-0.05, 0) is 33.4 Å². The Hall–Kier alpha value is -0.800. The van der Waals surface area contributed by atoms with Gasteiger partial charge in [0.05, 0.1) is 6.26 Å². The van der Waals surface area contributed by atoms with E-state index in [9.17, 15) is 0 Å². The summed E-state index contributed by atoms with van der Waals surface area (Å²) in [5.41, 5.74) is 7.33. The minimum Gasteiger partial charge on any atom is -0.469 e. The summed E-state index contributed by atoms with van der Waals surface area (Å²) in [7, 11) is 2.16. The lowest BCUT2D eigenvalue weighted by molar-refractivity contribution is 0.122. The highest BCUT2D eigenvalue weighted by molar-refractivity contribution is 5.15. The molecule has 1 unspecified atom stereocenters. The van der Waals surface area contributed by atoms with E-state index in [1.54, 1.807) is 6.26 Å². The van der Waals surface area contributed by atoms with Crippen LogP contribution in [0.15, 0.2) is 16.7 Å². The minimum atomic E-state index is 0.0822. The van der Waals surface area contributed by atoms with Gasteiger partial charge in [0.15, 0.2) is 0 Å². The SMILES string of the molecule is CCCCCC(C)(CN)N(C)Cc1ccoc1C. The van der Waals surface area contributed by atoms with Crippen LogP contribution in [0, 0.1) is 6.92 Å². The number of rotatable bonds is 8. The lowest BCUT2D eigenvalue weighted by Gasteiger charge is -2.38. The fraction of sp³-hybridized carbons (Fsp3) is 0.733. The Morgan fingerprint density at radius 1 is 1.39 bits per heavy atom. The third kappa shape index (κ3) is 3.85. The molecule has 0 aliphatic rings. The van der Waals surface area contributed by atoms with Gasteiger partial charge in [0.2, 0.25) is 0 Å². The van der Waals surface area contributed by atoms with Gasteiger partial charge in [-0.3, -0.25) is 4.90 Å². The summed E-state index contributed by atoms with van der Waals surface area (Å²) in [6, 6.07) is 2.05. The predicted octanol–water partition coefficient (Wildman–Crippen LogP) is 3.32. The molecule has 1 heterocycles. The summed E-state index contributed by atoms with van der Waals surface area (Å²) in [5.74, 6) is 1.01. The van der Waals surface area contributed by atoms with Crippen molar-refractivity contribution >= 4 is 0 Å². The van der Waals surface area contributed by atoms with Crippen LogP contribution in [0.5, 0.6) is 0 Å². The molecule has 0 bridgehead atoms. The van der Waals surface area contributed by atoms with Crippen LogP contribution in [0.1, 0.15) is 50.9 Å². The Balaban J connectivity index is 2.60. The lowest BCUT2D eigenvalue weighted by atomic mass is 9.92. The normalized spacial score (nSPS) is 15.0. The first-order chi connectivity index (χ1) is 8.53. The highest BCUT2D eigenvalue weighted by Gasteiger charge is 2.27. The number of hydrogen-bond donors (Lipinski definition) is 1. The second-order valence-corrected chi connectivity index (χ2v) is 5.52. The number of nitrogens with zero attached hydrogens (tertiary/aromatic N) is 1.